The molecule has 0 bridgehead atoms. The maximum Gasteiger partial charge on any atom is 0.254 e. The van der Waals surface area contributed by atoms with E-state index in [1.807, 2.05) is 30.3 Å². The van der Waals surface area contributed by atoms with Crippen LogP contribution in [-0.4, -0.2) is 58.9 Å². The first-order valence-electron chi connectivity index (χ1n) is 12.6. The fourth-order valence-corrected chi connectivity index (χ4v) is 4.91. The number of phenols is 1. The number of aliphatic hydroxyl groups excluding tert-OH is 1. The number of hydrogen-bond donors (Lipinski definition) is 3. The van der Waals surface area contributed by atoms with Crippen molar-refractivity contribution in [2.75, 3.05) is 20.2 Å². The molecule has 3 aromatic carbocycles. The predicted molar refractivity (Wildman–Crippen MR) is 146 cm³/mol. The minimum Gasteiger partial charge on any atom is -0.508 e. The van der Waals surface area contributed by atoms with Crippen molar-refractivity contribution in [3.8, 4) is 16.9 Å². The van der Waals surface area contributed by atoms with E-state index >= 15 is 0 Å². The molecule has 1 saturated heterocycles. The van der Waals surface area contributed by atoms with Gasteiger partial charge in [0.1, 0.15) is 12.9 Å². The number of phenolic OH excluding ortho intramolecular Hbond substituents is 1. The Morgan fingerprint density at radius 1 is 1.05 bits per heavy atom. The van der Waals surface area contributed by atoms with Gasteiger partial charge in [0.2, 0.25) is 5.91 Å². The number of aryl methyl sites for hydroxylation is 2. The molecule has 0 aromatic heterocycles. The average molecular weight is 516 g/mol. The van der Waals surface area contributed by atoms with E-state index in [-0.39, 0.29) is 43.1 Å². The zero-order chi connectivity index (χ0) is 27.2. The average Bonchev–Trinajstić information content (AvgIpc) is 3.29. The predicted octanol–water partition coefficient (Wildman–Crippen LogP) is 4.13. The molecule has 1 heterocycles. The molecule has 1 aliphatic heterocycles. The van der Waals surface area contributed by atoms with Crippen LogP contribution in [0.3, 0.4) is 0 Å². The van der Waals surface area contributed by atoms with E-state index in [0.29, 0.717) is 23.3 Å². The highest BCUT2D eigenvalue weighted by molar-refractivity contribution is 6.01. The number of carbonyl (C=O) groups excluding carboxylic acids is 2. The Morgan fingerprint density at radius 3 is 2.34 bits per heavy atom. The number of carbonyl (C=O) groups is 2. The molecule has 0 saturated carbocycles. The molecule has 198 valence electrons. The van der Waals surface area contributed by atoms with Gasteiger partial charge in [-0.1, -0.05) is 47.6 Å². The molecular weight excluding hydrogens is 482 g/mol. The number of nitrogens with one attached hydrogen (secondary N) is 1. The molecule has 2 atom stereocenters. The molecule has 0 aliphatic carbocycles. The summed E-state index contributed by atoms with van der Waals surface area (Å²) < 4.78 is 0. The second kappa shape index (κ2) is 11.9. The Balaban J connectivity index is 1.44. The van der Waals surface area contributed by atoms with Crippen LogP contribution in [0.2, 0.25) is 0 Å². The van der Waals surface area contributed by atoms with Gasteiger partial charge in [0, 0.05) is 31.0 Å². The van der Waals surface area contributed by atoms with Gasteiger partial charge < -0.3 is 25.3 Å². The van der Waals surface area contributed by atoms with Gasteiger partial charge in [-0.3, -0.25) is 9.59 Å². The molecular formula is C30H33N3O5. The second-order valence-corrected chi connectivity index (χ2v) is 9.59. The lowest BCUT2D eigenvalue weighted by atomic mass is 9.95. The maximum atomic E-state index is 13.5. The first-order chi connectivity index (χ1) is 18.3. The Bertz CT molecular complexity index is 1300. The summed E-state index contributed by atoms with van der Waals surface area (Å²) >= 11 is 0. The van der Waals surface area contributed by atoms with E-state index < -0.39 is 6.10 Å². The number of oxime groups is 1. The van der Waals surface area contributed by atoms with Crippen LogP contribution in [0.4, 0.5) is 0 Å². The smallest absolute Gasteiger partial charge is 0.254 e. The molecule has 38 heavy (non-hydrogen) atoms. The molecule has 3 aromatic rings. The van der Waals surface area contributed by atoms with Crippen LogP contribution in [0, 0.1) is 13.8 Å². The highest BCUT2D eigenvalue weighted by Gasteiger charge is 2.35. The molecule has 3 N–H and O–H groups in total. The molecule has 0 radical (unpaired) electrons. The molecule has 1 aliphatic rings. The normalized spacial score (nSPS) is 16.9. The van der Waals surface area contributed by atoms with Crippen LogP contribution in [0.15, 0.2) is 71.9 Å². The third-order valence-corrected chi connectivity index (χ3v) is 6.84. The highest BCUT2D eigenvalue weighted by Crippen LogP contribution is 2.28. The summed E-state index contributed by atoms with van der Waals surface area (Å²) in [6, 6.07) is 19.5. The molecule has 8 nitrogen and oxygen atoms in total. The summed E-state index contributed by atoms with van der Waals surface area (Å²) in [5.41, 5.74) is 6.35. The summed E-state index contributed by atoms with van der Waals surface area (Å²) in [6.45, 7) is 4.44. The van der Waals surface area contributed by atoms with Gasteiger partial charge in [0.15, 0.2) is 0 Å². The molecule has 2 amide bonds. The first kappa shape index (κ1) is 26.9. The van der Waals surface area contributed by atoms with Crippen LogP contribution in [0.25, 0.3) is 11.1 Å². The first-order valence-corrected chi connectivity index (χ1v) is 12.6. The second-order valence-electron chi connectivity index (χ2n) is 9.59. The number of benzene rings is 3. The molecule has 1 unspecified atom stereocenters. The SMILES string of the molecule is CON=C1C[C@@H](CC(=O)NCC(O)c2ccc(O)cc2)N(C(=O)c2ccc(-c3c(C)cccc3C)cc2)C1. The highest BCUT2D eigenvalue weighted by atomic mass is 16.6. The van der Waals surface area contributed by atoms with Crippen molar-refractivity contribution in [2.24, 2.45) is 5.16 Å². The summed E-state index contributed by atoms with van der Waals surface area (Å²) in [7, 11) is 1.45. The standard InChI is InChI=1S/C30H33N3O5/c1-19-5-4-6-20(2)29(19)22-7-9-23(10-8-22)30(37)33-18-24(32-38-3)15-25(33)16-28(36)31-17-27(35)21-11-13-26(34)14-12-21/h4-14,25,27,34-35H,15-18H2,1-3H3,(H,31,36)/t25-,27?/m0/s1. The summed E-state index contributed by atoms with van der Waals surface area (Å²) in [5.74, 6) is -0.361. The van der Waals surface area contributed by atoms with E-state index in [1.54, 1.807) is 17.0 Å². The zero-order valence-corrected chi connectivity index (χ0v) is 21.8. The van der Waals surface area contributed by atoms with Crippen LogP contribution >= 0.6 is 0 Å². The number of nitrogens with zero attached hydrogens (tertiary/aromatic N) is 2. The minimum absolute atomic E-state index is 0.0169. The van der Waals surface area contributed by atoms with E-state index in [2.05, 4.69) is 36.5 Å². The minimum atomic E-state index is -0.915. The fourth-order valence-electron chi connectivity index (χ4n) is 4.91. The lowest BCUT2D eigenvalue weighted by molar-refractivity contribution is -0.122. The number of aromatic hydroxyl groups is 1. The lowest BCUT2D eigenvalue weighted by Gasteiger charge is -2.24. The molecule has 0 spiro atoms. The van der Waals surface area contributed by atoms with Gasteiger partial charge in [-0.2, -0.15) is 0 Å². The quantitative estimate of drug-likeness (QED) is 0.391. The zero-order valence-electron chi connectivity index (χ0n) is 21.8. The number of likely N-dealkylation sites (tertiary alicyclic amines) is 1. The van der Waals surface area contributed by atoms with Gasteiger partial charge in [-0.05, 0) is 65.9 Å². The largest absolute Gasteiger partial charge is 0.508 e. The third-order valence-electron chi connectivity index (χ3n) is 6.84. The van der Waals surface area contributed by atoms with Crippen molar-refractivity contribution in [1.29, 1.82) is 0 Å². The van der Waals surface area contributed by atoms with Crippen molar-refractivity contribution < 1.29 is 24.6 Å². The van der Waals surface area contributed by atoms with Crippen molar-refractivity contribution >= 4 is 17.5 Å². The number of aliphatic hydroxyl groups is 1. The third kappa shape index (κ3) is 6.20. The summed E-state index contributed by atoms with van der Waals surface area (Å²) in [6.07, 6.45) is -0.424. The number of rotatable bonds is 8. The molecule has 8 heteroatoms. The molecule has 1 fully saturated rings. The van der Waals surface area contributed by atoms with E-state index in [9.17, 15) is 19.8 Å². The monoisotopic (exact) mass is 515 g/mol. The van der Waals surface area contributed by atoms with Gasteiger partial charge in [0.05, 0.1) is 18.4 Å². The maximum absolute atomic E-state index is 13.5. The fraction of sp³-hybridized carbons (Fsp3) is 0.300. The Hall–Kier alpha value is -4.17. The Morgan fingerprint density at radius 2 is 1.71 bits per heavy atom. The summed E-state index contributed by atoms with van der Waals surface area (Å²) in [4.78, 5) is 32.8. The van der Waals surface area contributed by atoms with Crippen molar-refractivity contribution in [3.05, 3.63) is 89.0 Å². The van der Waals surface area contributed by atoms with Gasteiger partial charge in [0.25, 0.3) is 5.91 Å². The van der Waals surface area contributed by atoms with Crippen molar-refractivity contribution in [1.82, 2.24) is 10.2 Å². The van der Waals surface area contributed by atoms with Crippen molar-refractivity contribution in [3.63, 3.8) is 0 Å². The Labute approximate surface area is 222 Å². The van der Waals surface area contributed by atoms with Gasteiger partial charge in [-0.25, -0.2) is 0 Å². The van der Waals surface area contributed by atoms with Gasteiger partial charge in [-0.15, -0.1) is 0 Å². The van der Waals surface area contributed by atoms with Crippen LogP contribution < -0.4 is 5.32 Å². The van der Waals surface area contributed by atoms with Crippen molar-refractivity contribution in [2.45, 2.75) is 38.8 Å². The van der Waals surface area contributed by atoms with E-state index in [4.69, 9.17) is 4.84 Å². The molecule has 4 rings (SSSR count). The van der Waals surface area contributed by atoms with E-state index in [1.165, 1.54) is 30.4 Å². The number of hydrogen-bond acceptors (Lipinski definition) is 6. The lowest BCUT2D eigenvalue weighted by Crippen LogP contribution is -2.40. The van der Waals surface area contributed by atoms with Crippen LogP contribution in [0.1, 0.15) is 46.0 Å². The van der Waals surface area contributed by atoms with Crippen LogP contribution in [0.5, 0.6) is 5.75 Å². The number of amides is 2. The summed E-state index contributed by atoms with van der Waals surface area (Å²) in [5, 5.41) is 26.6. The Kier molecular flexibility index (Phi) is 8.43. The van der Waals surface area contributed by atoms with E-state index in [0.717, 1.165) is 11.1 Å². The topological polar surface area (TPSA) is 111 Å². The van der Waals surface area contributed by atoms with Gasteiger partial charge >= 0.3 is 0 Å². The van der Waals surface area contributed by atoms with Crippen LogP contribution in [-0.2, 0) is 9.63 Å².